The number of aromatic nitrogens is 1. The Morgan fingerprint density at radius 1 is 0.389 bits per heavy atom. The zero-order chi connectivity index (χ0) is 35.6. The highest BCUT2D eigenvalue weighted by molar-refractivity contribution is 6.30. The molecule has 1 aliphatic heterocycles. The molecule has 54 heavy (non-hydrogen) atoms. The lowest BCUT2D eigenvalue weighted by Gasteiger charge is -2.20. The number of fused-ring (bicyclic) bond motifs is 8. The number of hydrogen-bond acceptors (Lipinski definition) is 2. The van der Waals surface area contributed by atoms with Crippen LogP contribution >= 0.6 is 0 Å². The monoisotopic (exact) mass is 689 g/mol. The third-order valence-electron chi connectivity index (χ3n) is 11.1. The van der Waals surface area contributed by atoms with Crippen LogP contribution < -0.4 is 10.4 Å². The van der Waals surface area contributed by atoms with E-state index in [1.54, 1.807) is 0 Å². The molecule has 1 N–H and O–H groups in total. The molecule has 0 amide bonds. The van der Waals surface area contributed by atoms with Gasteiger partial charge < -0.3 is 4.57 Å². The van der Waals surface area contributed by atoms with Crippen molar-refractivity contribution in [1.29, 1.82) is 0 Å². The first-order valence-corrected chi connectivity index (χ1v) is 18.6. The molecular formula is C51H35N3. The highest BCUT2D eigenvalue weighted by Crippen LogP contribution is 2.46. The van der Waals surface area contributed by atoms with Crippen molar-refractivity contribution >= 4 is 54.7 Å². The maximum atomic E-state index is 3.69. The molecule has 9 aromatic carbocycles. The Kier molecular flexibility index (Phi) is 7.01. The standard InChI is InChI=1S/C51H35N3/c1-5-15-34(16-6-1)38-27-39(35-17-7-2-8-18-35)29-42(28-38)53-47-26-25-44-45(36-19-9-3-10-20-36)30-37-21-13-14-24-43(37)50(44)51(47)46-31-40-33-52-54(48(40)32-49(46)53)41-22-11-4-12-23-41/h1-32,52H,33H2. The van der Waals surface area contributed by atoms with E-state index < -0.39 is 0 Å². The van der Waals surface area contributed by atoms with E-state index in [1.165, 1.54) is 88.0 Å². The Morgan fingerprint density at radius 2 is 1.00 bits per heavy atom. The third-order valence-corrected chi connectivity index (χ3v) is 11.1. The molecule has 0 atom stereocenters. The summed E-state index contributed by atoms with van der Waals surface area (Å²) in [6.07, 6.45) is 0. The van der Waals surface area contributed by atoms with E-state index in [2.05, 4.69) is 209 Å². The predicted molar refractivity (Wildman–Crippen MR) is 228 cm³/mol. The van der Waals surface area contributed by atoms with Gasteiger partial charge in [-0.1, -0.05) is 140 Å². The lowest BCUT2D eigenvalue weighted by atomic mass is 9.91. The normalized spacial score (nSPS) is 12.6. The topological polar surface area (TPSA) is 20.2 Å². The number of nitrogens with zero attached hydrogens (tertiary/aromatic N) is 2. The molecule has 0 saturated heterocycles. The number of rotatable bonds is 5. The molecule has 0 bridgehead atoms. The van der Waals surface area contributed by atoms with Gasteiger partial charge in [-0.25, -0.2) is 5.43 Å². The largest absolute Gasteiger partial charge is 0.309 e. The number of benzene rings is 9. The molecule has 0 saturated carbocycles. The predicted octanol–water partition coefficient (Wildman–Crippen LogP) is 13.2. The van der Waals surface area contributed by atoms with E-state index in [4.69, 9.17) is 0 Å². The zero-order valence-electron chi connectivity index (χ0n) is 29.6. The van der Waals surface area contributed by atoms with Gasteiger partial charge in [-0.3, -0.25) is 5.01 Å². The van der Waals surface area contributed by atoms with Gasteiger partial charge in [-0.2, -0.15) is 0 Å². The van der Waals surface area contributed by atoms with Gasteiger partial charge in [0.25, 0.3) is 0 Å². The van der Waals surface area contributed by atoms with E-state index in [-0.39, 0.29) is 0 Å². The number of hydrogen-bond donors (Lipinski definition) is 1. The van der Waals surface area contributed by atoms with Crippen molar-refractivity contribution in [1.82, 2.24) is 9.99 Å². The molecule has 0 unspecified atom stereocenters. The van der Waals surface area contributed by atoms with Crippen LogP contribution in [-0.2, 0) is 6.54 Å². The maximum absolute atomic E-state index is 3.69. The molecule has 3 heteroatoms. The molecule has 1 aliphatic rings. The van der Waals surface area contributed by atoms with Crippen molar-refractivity contribution < 1.29 is 0 Å². The van der Waals surface area contributed by atoms with Gasteiger partial charge in [0.15, 0.2) is 0 Å². The van der Waals surface area contributed by atoms with E-state index in [9.17, 15) is 0 Å². The Bertz CT molecular complexity index is 2960. The van der Waals surface area contributed by atoms with Gasteiger partial charge >= 0.3 is 0 Å². The summed E-state index contributed by atoms with van der Waals surface area (Å²) < 4.78 is 2.51. The fourth-order valence-electron chi connectivity index (χ4n) is 8.65. The fraction of sp³-hybridized carbons (Fsp3) is 0.0196. The minimum Gasteiger partial charge on any atom is -0.309 e. The summed E-state index contributed by atoms with van der Waals surface area (Å²) in [7, 11) is 0. The fourth-order valence-corrected chi connectivity index (χ4v) is 8.65. The van der Waals surface area contributed by atoms with E-state index >= 15 is 0 Å². The second-order valence-electron chi connectivity index (χ2n) is 14.2. The van der Waals surface area contributed by atoms with Crippen LogP contribution in [0.3, 0.4) is 0 Å². The molecule has 254 valence electrons. The van der Waals surface area contributed by atoms with Crippen LogP contribution in [0.5, 0.6) is 0 Å². The Balaban J connectivity index is 1.29. The van der Waals surface area contributed by atoms with E-state index in [1.807, 2.05) is 0 Å². The van der Waals surface area contributed by atoms with Crippen LogP contribution in [0.4, 0.5) is 11.4 Å². The summed E-state index contributed by atoms with van der Waals surface area (Å²) in [5, 5.41) is 9.85. The Labute approximate surface area is 314 Å². The van der Waals surface area contributed by atoms with E-state index in [0.29, 0.717) is 0 Å². The highest BCUT2D eigenvalue weighted by Gasteiger charge is 2.26. The first-order chi connectivity index (χ1) is 26.8. The van der Waals surface area contributed by atoms with Crippen molar-refractivity contribution in [2.45, 2.75) is 6.54 Å². The van der Waals surface area contributed by atoms with Crippen LogP contribution in [0, 0.1) is 0 Å². The van der Waals surface area contributed by atoms with Gasteiger partial charge in [0.2, 0.25) is 0 Å². The minimum atomic E-state index is 0.759. The summed E-state index contributed by atoms with van der Waals surface area (Å²) in [5.41, 5.74) is 18.0. The average Bonchev–Trinajstić information content (AvgIpc) is 3.82. The van der Waals surface area contributed by atoms with Crippen LogP contribution in [0.1, 0.15) is 5.56 Å². The van der Waals surface area contributed by atoms with Crippen LogP contribution in [0.2, 0.25) is 0 Å². The zero-order valence-corrected chi connectivity index (χ0v) is 29.6. The molecule has 1 aromatic heterocycles. The molecule has 0 radical (unpaired) electrons. The van der Waals surface area contributed by atoms with E-state index in [0.717, 1.165) is 17.9 Å². The van der Waals surface area contributed by atoms with Gasteiger partial charge in [-0.05, 0) is 110 Å². The summed E-state index contributed by atoms with van der Waals surface area (Å²) >= 11 is 0. The average molecular weight is 690 g/mol. The third kappa shape index (κ3) is 4.87. The quantitative estimate of drug-likeness (QED) is 0.182. The molecule has 0 spiro atoms. The summed E-state index contributed by atoms with van der Waals surface area (Å²) in [5.74, 6) is 0. The molecule has 10 aromatic rings. The van der Waals surface area contributed by atoms with Gasteiger partial charge in [0.05, 0.1) is 22.4 Å². The first kappa shape index (κ1) is 30.7. The number of para-hydroxylation sites is 1. The molecule has 0 fully saturated rings. The van der Waals surface area contributed by atoms with Crippen molar-refractivity contribution in [3.05, 3.63) is 200 Å². The van der Waals surface area contributed by atoms with Crippen LogP contribution in [0.25, 0.3) is 82.4 Å². The SMILES string of the molecule is c1ccc(-c2cc(-c3ccccc3)cc(-n3c4cc5c(cc4c4c6c(ccc43)c(-c3ccccc3)cc3ccccc36)CNN5c3ccccc3)c2)cc1. The first-order valence-electron chi connectivity index (χ1n) is 18.6. The highest BCUT2D eigenvalue weighted by atomic mass is 15.5. The van der Waals surface area contributed by atoms with Gasteiger partial charge in [0.1, 0.15) is 0 Å². The van der Waals surface area contributed by atoms with Crippen LogP contribution in [-0.4, -0.2) is 4.57 Å². The summed E-state index contributed by atoms with van der Waals surface area (Å²) in [6.45, 7) is 0.759. The summed E-state index contributed by atoms with van der Waals surface area (Å²) in [4.78, 5) is 0. The Morgan fingerprint density at radius 3 is 1.69 bits per heavy atom. The van der Waals surface area contributed by atoms with Crippen molar-refractivity contribution in [3.8, 4) is 39.1 Å². The molecular weight excluding hydrogens is 655 g/mol. The molecule has 0 aliphatic carbocycles. The number of hydrazine groups is 1. The lowest BCUT2D eigenvalue weighted by molar-refractivity contribution is 0.766. The molecule has 2 heterocycles. The van der Waals surface area contributed by atoms with Crippen molar-refractivity contribution in [3.63, 3.8) is 0 Å². The second kappa shape index (κ2) is 12.3. The molecule has 11 rings (SSSR count). The number of nitrogens with one attached hydrogen (secondary N) is 1. The Hall–Kier alpha value is -6.94. The lowest BCUT2D eigenvalue weighted by Crippen LogP contribution is -2.26. The van der Waals surface area contributed by atoms with Crippen molar-refractivity contribution in [2.24, 2.45) is 0 Å². The minimum absolute atomic E-state index is 0.759. The smallest absolute Gasteiger partial charge is 0.0644 e. The summed E-state index contributed by atoms with van der Waals surface area (Å²) in [6, 6.07) is 70.8. The second-order valence-corrected chi connectivity index (χ2v) is 14.2. The van der Waals surface area contributed by atoms with Crippen LogP contribution in [0.15, 0.2) is 194 Å². The molecule has 3 nitrogen and oxygen atoms in total. The van der Waals surface area contributed by atoms with Gasteiger partial charge in [0, 0.05) is 28.4 Å². The maximum Gasteiger partial charge on any atom is 0.0644 e. The number of anilines is 2. The van der Waals surface area contributed by atoms with Crippen molar-refractivity contribution in [2.75, 3.05) is 5.01 Å². The van der Waals surface area contributed by atoms with Gasteiger partial charge in [-0.15, -0.1) is 0 Å².